The molecule has 1 saturated heterocycles. The van der Waals surface area contributed by atoms with E-state index in [0.717, 1.165) is 32.5 Å². The summed E-state index contributed by atoms with van der Waals surface area (Å²) < 4.78 is 5.67. The van der Waals surface area contributed by atoms with Gasteiger partial charge in [-0.2, -0.15) is 5.26 Å². The van der Waals surface area contributed by atoms with E-state index in [2.05, 4.69) is 17.9 Å². The highest BCUT2D eigenvalue weighted by Gasteiger charge is 2.23. The van der Waals surface area contributed by atoms with Crippen LogP contribution in [0.1, 0.15) is 25.3 Å². The topological polar surface area (TPSA) is 56.5 Å². The van der Waals surface area contributed by atoms with Crippen LogP contribution >= 0.6 is 0 Å². The van der Waals surface area contributed by atoms with Gasteiger partial charge in [0.15, 0.2) is 0 Å². The SMILES string of the molecule is CC1CN(CCCOc2ccccc2C#N)CCC1O. The zero-order valence-corrected chi connectivity index (χ0v) is 12.0. The first-order valence-corrected chi connectivity index (χ1v) is 7.23. The molecular formula is C16H22N2O2. The Hall–Kier alpha value is -1.57. The summed E-state index contributed by atoms with van der Waals surface area (Å²) in [4.78, 5) is 2.37. The van der Waals surface area contributed by atoms with Gasteiger partial charge in [0.1, 0.15) is 11.8 Å². The fourth-order valence-electron chi connectivity index (χ4n) is 2.58. The lowest BCUT2D eigenvalue weighted by Gasteiger charge is -2.34. The van der Waals surface area contributed by atoms with E-state index in [1.807, 2.05) is 18.2 Å². The van der Waals surface area contributed by atoms with E-state index >= 15 is 0 Å². The van der Waals surface area contributed by atoms with Gasteiger partial charge >= 0.3 is 0 Å². The molecule has 1 aromatic rings. The van der Waals surface area contributed by atoms with Crippen LogP contribution in [0.25, 0.3) is 0 Å². The molecule has 1 aliphatic rings. The summed E-state index contributed by atoms with van der Waals surface area (Å²) in [6.07, 6.45) is 1.65. The number of piperidine rings is 1. The molecule has 0 saturated carbocycles. The second kappa shape index (κ2) is 7.28. The standard InChI is InChI=1S/C16H22N2O2/c1-13-12-18(9-7-15(13)19)8-4-10-20-16-6-3-2-5-14(16)11-17/h2-3,5-6,13,15,19H,4,7-10,12H2,1H3. The number of likely N-dealkylation sites (tertiary alicyclic amines) is 1. The fourth-order valence-corrected chi connectivity index (χ4v) is 2.58. The van der Waals surface area contributed by atoms with Crippen LogP contribution in [0, 0.1) is 17.2 Å². The third-order valence-electron chi connectivity index (χ3n) is 3.83. The number of nitriles is 1. The minimum atomic E-state index is -0.148. The number of aliphatic hydroxyl groups excluding tert-OH is 1. The molecule has 1 N–H and O–H groups in total. The van der Waals surface area contributed by atoms with Crippen molar-refractivity contribution >= 4 is 0 Å². The molecule has 2 unspecified atom stereocenters. The quantitative estimate of drug-likeness (QED) is 0.835. The van der Waals surface area contributed by atoms with Crippen LogP contribution in [-0.2, 0) is 0 Å². The molecule has 108 valence electrons. The predicted molar refractivity (Wildman–Crippen MR) is 77.5 cm³/mol. The van der Waals surface area contributed by atoms with E-state index < -0.39 is 0 Å². The van der Waals surface area contributed by atoms with E-state index in [1.165, 1.54) is 0 Å². The van der Waals surface area contributed by atoms with Crippen molar-refractivity contribution in [2.24, 2.45) is 5.92 Å². The van der Waals surface area contributed by atoms with E-state index in [4.69, 9.17) is 10.00 Å². The summed E-state index contributed by atoms with van der Waals surface area (Å²) in [5.74, 6) is 1.02. The zero-order valence-electron chi connectivity index (χ0n) is 12.0. The lowest BCUT2D eigenvalue weighted by molar-refractivity contribution is 0.0334. The van der Waals surface area contributed by atoms with Gasteiger partial charge in [0.25, 0.3) is 0 Å². The van der Waals surface area contributed by atoms with Crippen molar-refractivity contribution in [3.63, 3.8) is 0 Å². The number of para-hydroxylation sites is 1. The second-order valence-corrected chi connectivity index (χ2v) is 5.44. The summed E-state index contributed by atoms with van der Waals surface area (Å²) in [5.41, 5.74) is 0.585. The van der Waals surface area contributed by atoms with Gasteiger partial charge < -0.3 is 14.7 Å². The maximum atomic E-state index is 9.69. The second-order valence-electron chi connectivity index (χ2n) is 5.44. The molecule has 0 spiro atoms. The van der Waals surface area contributed by atoms with Crippen molar-refractivity contribution in [2.75, 3.05) is 26.2 Å². The van der Waals surface area contributed by atoms with Crippen LogP contribution in [0.3, 0.4) is 0 Å². The highest BCUT2D eigenvalue weighted by molar-refractivity contribution is 5.42. The lowest BCUT2D eigenvalue weighted by Crippen LogP contribution is -2.42. The molecule has 0 amide bonds. The van der Waals surface area contributed by atoms with Crippen LogP contribution < -0.4 is 4.74 Å². The number of benzene rings is 1. The number of ether oxygens (including phenoxy) is 1. The minimum Gasteiger partial charge on any atom is -0.492 e. The molecule has 0 aliphatic carbocycles. The predicted octanol–water partition coefficient (Wildman–Crippen LogP) is 2.03. The van der Waals surface area contributed by atoms with Crippen molar-refractivity contribution in [3.8, 4) is 11.8 Å². The molecule has 2 atom stereocenters. The first-order valence-electron chi connectivity index (χ1n) is 7.23. The maximum Gasteiger partial charge on any atom is 0.137 e. The number of nitrogens with zero attached hydrogens (tertiary/aromatic N) is 2. The summed E-state index contributed by atoms with van der Waals surface area (Å²) in [6.45, 7) is 5.60. The summed E-state index contributed by atoms with van der Waals surface area (Å²) in [5, 5.41) is 18.7. The molecule has 1 fully saturated rings. The zero-order chi connectivity index (χ0) is 14.4. The van der Waals surface area contributed by atoms with Gasteiger partial charge in [0.2, 0.25) is 0 Å². The van der Waals surface area contributed by atoms with Crippen LogP contribution in [0.15, 0.2) is 24.3 Å². The van der Waals surface area contributed by atoms with Gasteiger partial charge in [0.05, 0.1) is 18.3 Å². The van der Waals surface area contributed by atoms with E-state index in [1.54, 1.807) is 6.07 Å². The Morgan fingerprint density at radius 3 is 3.00 bits per heavy atom. The molecule has 2 rings (SSSR count). The third-order valence-corrected chi connectivity index (χ3v) is 3.83. The Bertz CT molecular complexity index is 470. The van der Waals surface area contributed by atoms with Crippen LogP contribution in [0.4, 0.5) is 0 Å². The molecule has 0 radical (unpaired) electrons. The van der Waals surface area contributed by atoms with Gasteiger partial charge in [0, 0.05) is 19.6 Å². The van der Waals surface area contributed by atoms with Gasteiger partial charge in [-0.05, 0) is 30.9 Å². The Labute approximate surface area is 120 Å². The average Bonchev–Trinajstić information content (AvgIpc) is 2.47. The van der Waals surface area contributed by atoms with Crippen molar-refractivity contribution in [2.45, 2.75) is 25.9 Å². The molecule has 1 heterocycles. The Balaban J connectivity index is 1.71. The first kappa shape index (κ1) is 14.8. The van der Waals surface area contributed by atoms with Crippen LogP contribution in [0.2, 0.25) is 0 Å². The number of hydrogen-bond acceptors (Lipinski definition) is 4. The summed E-state index contributed by atoms with van der Waals surface area (Å²) in [7, 11) is 0. The fraction of sp³-hybridized carbons (Fsp3) is 0.562. The minimum absolute atomic E-state index is 0.148. The molecule has 4 heteroatoms. The molecule has 4 nitrogen and oxygen atoms in total. The average molecular weight is 274 g/mol. The van der Waals surface area contributed by atoms with Crippen molar-refractivity contribution in [3.05, 3.63) is 29.8 Å². The highest BCUT2D eigenvalue weighted by atomic mass is 16.5. The number of rotatable bonds is 5. The molecule has 0 aromatic heterocycles. The van der Waals surface area contributed by atoms with Crippen molar-refractivity contribution < 1.29 is 9.84 Å². The largest absolute Gasteiger partial charge is 0.492 e. The Morgan fingerprint density at radius 2 is 2.25 bits per heavy atom. The van der Waals surface area contributed by atoms with Crippen molar-refractivity contribution in [1.82, 2.24) is 4.90 Å². The van der Waals surface area contributed by atoms with Gasteiger partial charge in [-0.3, -0.25) is 0 Å². The summed E-state index contributed by atoms with van der Waals surface area (Å²) >= 11 is 0. The third kappa shape index (κ3) is 3.96. The monoisotopic (exact) mass is 274 g/mol. The highest BCUT2D eigenvalue weighted by Crippen LogP contribution is 2.18. The smallest absolute Gasteiger partial charge is 0.137 e. The molecule has 1 aliphatic heterocycles. The van der Waals surface area contributed by atoms with Gasteiger partial charge in [-0.25, -0.2) is 0 Å². The van der Waals surface area contributed by atoms with Crippen LogP contribution in [0.5, 0.6) is 5.75 Å². The van der Waals surface area contributed by atoms with E-state index in [-0.39, 0.29) is 6.10 Å². The molecule has 0 bridgehead atoms. The Morgan fingerprint density at radius 1 is 1.45 bits per heavy atom. The molecule has 20 heavy (non-hydrogen) atoms. The molecular weight excluding hydrogens is 252 g/mol. The van der Waals surface area contributed by atoms with Crippen LogP contribution in [-0.4, -0.2) is 42.4 Å². The lowest BCUT2D eigenvalue weighted by atomic mass is 9.97. The Kier molecular flexibility index (Phi) is 5.40. The summed E-state index contributed by atoms with van der Waals surface area (Å²) in [6, 6.07) is 9.45. The van der Waals surface area contributed by atoms with E-state index in [9.17, 15) is 5.11 Å². The van der Waals surface area contributed by atoms with Crippen molar-refractivity contribution in [1.29, 1.82) is 5.26 Å². The first-order chi connectivity index (χ1) is 9.70. The molecule has 1 aromatic carbocycles. The maximum absolute atomic E-state index is 9.69. The normalized spacial score (nSPS) is 23.2. The number of aliphatic hydroxyl groups is 1. The number of hydrogen-bond donors (Lipinski definition) is 1. The van der Waals surface area contributed by atoms with E-state index in [0.29, 0.717) is 23.8 Å². The van der Waals surface area contributed by atoms with Gasteiger partial charge in [-0.1, -0.05) is 19.1 Å². The van der Waals surface area contributed by atoms with Gasteiger partial charge in [-0.15, -0.1) is 0 Å².